The zero-order chi connectivity index (χ0) is 24.0. The molecule has 3 aromatic carbocycles. The Bertz CT molecular complexity index is 1130. The third-order valence-electron chi connectivity index (χ3n) is 4.59. The van der Waals surface area contributed by atoms with Crippen LogP contribution in [0.25, 0.3) is 0 Å². The lowest BCUT2D eigenvalue weighted by molar-refractivity contribution is -0.136. The number of carbonyl (C=O) groups excluding carboxylic acids is 1. The van der Waals surface area contributed by atoms with Gasteiger partial charge in [0.05, 0.1) is 25.0 Å². The summed E-state index contributed by atoms with van der Waals surface area (Å²) in [7, 11) is 1.54. The van der Waals surface area contributed by atoms with E-state index < -0.39 is 17.6 Å². The van der Waals surface area contributed by atoms with E-state index in [-0.39, 0.29) is 22.9 Å². The number of halogens is 4. The Hall–Kier alpha value is -3.39. The number of nitrogens with one attached hydrogen (secondary N) is 1. The molecule has 0 fully saturated rings. The molecular formula is C24H21ClF3NO4. The van der Waals surface area contributed by atoms with Crippen molar-refractivity contribution >= 4 is 23.2 Å². The smallest absolute Gasteiger partial charge is 0.418 e. The summed E-state index contributed by atoms with van der Waals surface area (Å²) >= 11 is 5.70. The molecule has 3 aromatic rings. The van der Waals surface area contributed by atoms with Crippen molar-refractivity contribution in [3.8, 4) is 17.2 Å². The summed E-state index contributed by atoms with van der Waals surface area (Å²) < 4.78 is 56.6. The van der Waals surface area contributed by atoms with Crippen molar-refractivity contribution in [3.63, 3.8) is 0 Å². The molecule has 0 spiro atoms. The Labute approximate surface area is 194 Å². The minimum Gasteiger partial charge on any atom is -0.497 e. The van der Waals surface area contributed by atoms with Crippen LogP contribution in [-0.2, 0) is 12.8 Å². The van der Waals surface area contributed by atoms with Crippen molar-refractivity contribution in [3.05, 3.63) is 82.4 Å². The molecule has 33 heavy (non-hydrogen) atoms. The first-order valence-electron chi connectivity index (χ1n) is 9.92. The van der Waals surface area contributed by atoms with Crippen molar-refractivity contribution < 1.29 is 32.2 Å². The van der Waals surface area contributed by atoms with Gasteiger partial charge in [-0.1, -0.05) is 17.7 Å². The number of carbonyl (C=O) groups is 1. The highest BCUT2D eigenvalue weighted by Crippen LogP contribution is 2.36. The number of rotatable bonds is 8. The van der Waals surface area contributed by atoms with Crippen LogP contribution in [0.2, 0.25) is 5.02 Å². The van der Waals surface area contributed by atoms with Crippen molar-refractivity contribution in [2.24, 2.45) is 0 Å². The summed E-state index contributed by atoms with van der Waals surface area (Å²) in [6.45, 7) is 2.27. The topological polar surface area (TPSA) is 56.8 Å². The SMILES string of the molecule is CCOc1ccc(C(=O)Nc2ccc(Cl)cc2C(F)(F)F)cc1COc1cccc(OC)c1. The number of benzene rings is 3. The van der Waals surface area contributed by atoms with E-state index in [0.717, 1.165) is 12.1 Å². The van der Waals surface area contributed by atoms with E-state index in [9.17, 15) is 18.0 Å². The first-order valence-corrected chi connectivity index (χ1v) is 10.3. The second-order valence-electron chi connectivity index (χ2n) is 6.86. The molecule has 1 N–H and O–H groups in total. The van der Waals surface area contributed by atoms with E-state index in [1.165, 1.54) is 18.2 Å². The van der Waals surface area contributed by atoms with Crippen LogP contribution >= 0.6 is 11.6 Å². The Morgan fingerprint density at radius 2 is 1.76 bits per heavy atom. The molecule has 174 valence electrons. The summed E-state index contributed by atoms with van der Waals surface area (Å²) in [6, 6.07) is 14.7. The maximum atomic E-state index is 13.3. The van der Waals surface area contributed by atoms with E-state index in [1.54, 1.807) is 37.4 Å². The van der Waals surface area contributed by atoms with Gasteiger partial charge in [-0.2, -0.15) is 13.2 Å². The average Bonchev–Trinajstić information content (AvgIpc) is 2.79. The van der Waals surface area contributed by atoms with Gasteiger partial charge in [0.2, 0.25) is 0 Å². The molecule has 3 rings (SSSR count). The monoisotopic (exact) mass is 479 g/mol. The lowest BCUT2D eigenvalue weighted by atomic mass is 10.1. The highest BCUT2D eigenvalue weighted by molar-refractivity contribution is 6.30. The van der Waals surface area contributed by atoms with Gasteiger partial charge in [0.25, 0.3) is 5.91 Å². The van der Waals surface area contributed by atoms with Crippen molar-refractivity contribution in [1.82, 2.24) is 0 Å². The lowest BCUT2D eigenvalue weighted by Gasteiger charge is -2.16. The highest BCUT2D eigenvalue weighted by atomic mass is 35.5. The maximum Gasteiger partial charge on any atom is 0.418 e. The minimum atomic E-state index is -4.68. The largest absolute Gasteiger partial charge is 0.497 e. The van der Waals surface area contributed by atoms with Crippen LogP contribution in [-0.4, -0.2) is 19.6 Å². The third kappa shape index (κ3) is 6.32. The minimum absolute atomic E-state index is 0.0678. The molecule has 0 unspecified atom stereocenters. The van der Waals surface area contributed by atoms with E-state index >= 15 is 0 Å². The second kappa shape index (κ2) is 10.5. The fourth-order valence-electron chi connectivity index (χ4n) is 3.04. The number of anilines is 1. The average molecular weight is 480 g/mol. The summed E-state index contributed by atoms with van der Waals surface area (Å²) in [5.74, 6) is 0.949. The molecule has 0 aliphatic rings. The zero-order valence-electron chi connectivity index (χ0n) is 17.8. The standard InChI is InChI=1S/C24H21ClF3NO4/c1-3-32-22-10-7-15(11-16(22)14-33-19-6-4-5-18(13-19)31-2)23(30)29-21-9-8-17(25)12-20(21)24(26,27)28/h4-13H,3,14H2,1-2H3,(H,29,30). The normalized spacial score (nSPS) is 11.1. The number of alkyl halides is 3. The predicted octanol–water partition coefficient (Wildman–Crippen LogP) is 6.60. The maximum absolute atomic E-state index is 13.3. The Kier molecular flexibility index (Phi) is 7.71. The van der Waals surface area contributed by atoms with Crippen LogP contribution in [0.1, 0.15) is 28.4 Å². The summed E-state index contributed by atoms with van der Waals surface area (Å²) in [5.41, 5.74) is -0.721. The van der Waals surface area contributed by atoms with Gasteiger partial charge in [-0.25, -0.2) is 0 Å². The van der Waals surface area contributed by atoms with Crippen LogP contribution in [0.5, 0.6) is 17.2 Å². The van der Waals surface area contributed by atoms with Crippen molar-refractivity contribution in [1.29, 1.82) is 0 Å². The lowest BCUT2D eigenvalue weighted by Crippen LogP contribution is -2.17. The Morgan fingerprint density at radius 1 is 1.00 bits per heavy atom. The second-order valence-corrected chi connectivity index (χ2v) is 7.30. The number of hydrogen-bond acceptors (Lipinski definition) is 4. The van der Waals surface area contributed by atoms with E-state index in [0.29, 0.717) is 29.4 Å². The fraction of sp³-hybridized carbons (Fsp3) is 0.208. The first kappa shape index (κ1) is 24.3. The van der Waals surface area contributed by atoms with Crippen LogP contribution in [0.15, 0.2) is 60.7 Å². The Balaban J connectivity index is 1.84. The van der Waals surface area contributed by atoms with Gasteiger partial charge in [-0.3, -0.25) is 4.79 Å². The quantitative estimate of drug-likeness (QED) is 0.395. The molecule has 0 saturated carbocycles. The highest BCUT2D eigenvalue weighted by Gasteiger charge is 2.34. The summed E-state index contributed by atoms with van der Waals surface area (Å²) in [5, 5.41) is 2.23. The van der Waals surface area contributed by atoms with E-state index in [2.05, 4.69) is 5.32 Å². The van der Waals surface area contributed by atoms with Gasteiger partial charge in [0.1, 0.15) is 23.9 Å². The third-order valence-corrected chi connectivity index (χ3v) is 4.83. The van der Waals surface area contributed by atoms with Gasteiger partial charge < -0.3 is 19.5 Å². The summed E-state index contributed by atoms with van der Waals surface area (Å²) in [6.07, 6.45) is -4.68. The van der Waals surface area contributed by atoms with E-state index in [1.807, 2.05) is 6.92 Å². The van der Waals surface area contributed by atoms with Crippen LogP contribution in [0, 0.1) is 0 Å². The van der Waals surface area contributed by atoms with Crippen LogP contribution < -0.4 is 19.5 Å². The molecule has 0 heterocycles. The molecular weight excluding hydrogens is 459 g/mol. The molecule has 0 aliphatic carbocycles. The van der Waals surface area contributed by atoms with Gasteiger partial charge >= 0.3 is 6.18 Å². The predicted molar refractivity (Wildman–Crippen MR) is 119 cm³/mol. The number of methoxy groups -OCH3 is 1. The molecule has 0 aromatic heterocycles. The Morgan fingerprint density at radius 3 is 2.45 bits per heavy atom. The number of amides is 1. The molecule has 0 saturated heterocycles. The molecule has 0 aliphatic heterocycles. The summed E-state index contributed by atoms with van der Waals surface area (Å²) in [4.78, 5) is 12.7. The van der Waals surface area contributed by atoms with Gasteiger partial charge in [-0.15, -0.1) is 0 Å². The first-order chi connectivity index (χ1) is 15.7. The van der Waals surface area contributed by atoms with Gasteiger partial charge in [-0.05, 0) is 55.5 Å². The molecule has 5 nitrogen and oxygen atoms in total. The van der Waals surface area contributed by atoms with Gasteiger partial charge in [0, 0.05) is 22.2 Å². The number of hydrogen-bond donors (Lipinski definition) is 1. The number of ether oxygens (including phenoxy) is 3. The molecule has 1 amide bonds. The van der Waals surface area contributed by atoms with Crippen molar-refractivity contribution in [2.45, 2.75) is 19.7 Å². The molecule has 0 atom stereocenters. The van der Waals surface area contributed by atoms with Crippen molar-refractivity contribution in [2.75, 3.05) is 19.0 Å². The van der Waals surface area contributed by atoms with Crippen LogP contribution in [0.4, 0.5) is 18.9 Å². The zero-order valence-corrected chi connectivity index (χ0v) is 18.6. The fourth-order valence-corrected chi connectivity index (χ4v) is 3.21. The molecule has 0 radical (unpaired) electrons. The van der Waals surface area contributed by atoms with E-state index in [4.69, 9.17) is 25.8 Å². The molecule has 0 bridgehead atoms. The molecule has 9 heteroatoms. The van der Waals surface area contributed by atoms with Crippen LogP contribution in [0.3, 0.4) is 0 Å². The van der Waals surface area contributed by atoms with Gasteiger partial charge in [0.15, 0.2) is 0 Å².